The van der Waals surface area contributed by atoms with Gasteiger partial charge in [-0.2, -0.15) is 13.2 Å². The van der Waals surface area contributed by atoms with Crippen molar-refractivity contribution in [3.05, 3.63) is 52.0 Å². The largest absolute Gasteiger partial charge is 0.611 e. The van der Waals surface area contributed by atoms with Gasteiger partial charge in [0.05, 0.1) is 21.9 Å². The second kappa shape index (κ2) is 10.3. The molecule has 1 amide bonds. The monoisotopic (exact) mass is 542 g/mol. The van der Waals surface area contributed by atoms with E-state index in [1.54, 1.807) is 4.90 Å². The summed E-state index contributed by atoms with van der Waals surface area (Å²) < 4.78 is 80.0. The van der Waals surface area contributed by atoms with E-state index in [2.05, 4.69) is 4.72 Å². The lowest BCUT2D eigenvalue weighted by Gasteiger charge is -2.18. The lowest BCUT2D eigenvalue weighted by atomic mass is 10.2. The first-order chi connectivity index (χ1) is 15.4. The Labute approximate surface area is 202 Å². The molecule has 2 aromatic carbocycles. The fourth-order valence-electron chi connectivity index (χ4n) is 3.29. The quantitative estimate of drug-likeness (QED) is 0.502. The van der Waals surface area contributed by atoms with Crippen molar-refractivity contribution in [2.45, 2.75) is 35.2 Å². The zero-order chi connectivity index (χ0) is 24.4. The van der Waals surface area contributed by atoms with Crippen LogP contribution in [0.5, 0.6) is 0 Å². The highest BCUT2D eigenvalue weighted by molar-refractivity contribution is 7.93. The van der Waals surface area contributed by atoms with Crippen molar-refractivity contribution in [1.82, 2.24) is 4.90 Å². The summed E-state index contributed by atoms with van der Waals surface area (Å²) in [7, 11) is -4.51. The first kappa shape index (κ1) is 26.0. The molecule has 0 aromatic heterocycles. The van der Waals surface area contributed by atoms with Crippen molar-refractivity contribution in [1.29, 1.82) is 0 Å². The Kier molecular flexibility index (Phi) is 8.11. The number of halogens is 5. The number of alkyl halides is 3. The summed E-state index contributed by atoms with van der Waals surface area (Å²) in [5.74, 6) is -0.192. The Morgan fingerprint density at radius 3 is 2.42 bits per heavy atom. The lowest BCUT2D eigenvalue weighted by molar-refractivity contribution is -0.137. The maximum absolute atomic E-state index is 13.1. The number of anilines is 1. The van der Waals surface area contributed by atoms with Crippen molar-refractivity contribution in [3.8, 4) is 0 Å². The van der Waals surface area contributed by atoms with Crippen molar-refractivity contribution < 1.29 is 30.9 Å². The molecule has 0 radical (unpaired) electrons. The average Bonchev–Trinajstić information content (AvgIpc) is 3.26. The second-order valence-corrected chi connectivity index (χ2v) is 11.3. The maximum atomic E-state index is 13.1. The third-order valence-corrected chi connectivity index (χ3v) is 8.29. The fourth-order valence-corrected chi connectivity index (χ4v) is 6.00. The Bertz CT molecular complexity index is 1140. The van der Waals surface area contributed by atoms with Crippen molar-refractivity contribution >= 4 is 56.0 Å². The van der Waals surface area contributed by atoms with Gasteiger partial charge in [-0.1, -0.05) is 23.2 Å². The summed E-state index contributed by atoms with van der Waals surface area (Å²) in [6.07, 6.45) is -3.02. The third-order valence-electron chi connectivity index (χ3n) is 4.94. The molecule has 3 rings (SSSR count). The SMILES string of the molecule is O=C(CC[S+]([O-])c1ccc(Cl)cc1NS(=O)(=O)c1ccc(Cl)c(C(F)(F)F)c1)N1CCCC1. The van der Waals surface area contributed by atoms with E-state index in [0.29, 0.717) is 19.2 Å². The van der Waals surface area contributed by atoms with E-state index >= 15 is 0 Å². The smallest absolute Gasteiger partial charge is 0.417 e. The van der Waals surface area contributed by atoms with Crippen LogP contribution in [0.25, 0.3) is 0 Å². The van der Waals surface area contributed by atoms with Crippen LogP contribution in [0.1, 0.15) is 24.8 Å². The van der Waals surface area contributed by atoms with Gasteiger partial charge >= 0.3 is 6.18 Å². The van der Waals surface area contributed by atoms with Crippen molar-refractivity contribution in [3.63, 3.8) is 0 Å². The van der Waals surface area contributed by atoms with Crippen LogP contribution in [-0.4, -0.2) is 42.6 Å². The van der Waals surface area contributed by atoms with Gasteiger partial charge in [-0.3, -0.25) is 9.52 Å². The van der Waals surface area contributed by atoms with E-state index in [1.807, 2.05) is 0 Å². The molecule has 1 fully saturated rings. The Morgan fingerprint density at radius 1 is 1.12 bits per heavy atom. The minimum absolute atomic E-state index is 0.00749. The third kappa shape index (κ3) is 6.48. The molecular weight excluding hydrogens is 524 g/mol. The molecule has 2 aromatic rings. The van der Waals surface area contributed by atoms with Crippen LogP contribution in [-0.2, 0) is 32.2 Å². The summed E-state index contributed by atoms with van der Waals surface area (Å²) in [5, 5.41) is -0.526. The zero-order valence-electron chi connectivity index (χ0n) is 17.0. The summed E-state index contributed by atoms with van der Waals surface area (Å²) in [5.41, 5.74) is -1.46. The van der Waals surface area contributed by atoms with E-state index in [4.69, 9.17) is 23.2 Å². The summed E-state index contributed by atoms with van der Waals surface area (Å²) in [4.78, 5) is 13.3. The highest BCUT2D eigenvalue weighted by Gasteiger charge is 2.35. The number of amides is 1. The van der Waals surface area contributed by atoms with Crippen LogP contribution < -0.4 is 4.72 Å². The van der Waals surface area contributed by atoms with E-state index in [1.165, 1.54) is 18.2 Å². The van der Waals surface area contributed by atoms with Gasteiger partial charge in [0.25, 0.3) is 10.0 Å². The number of rotatable bonds is 7. The molecule has 1 saturated heterocycles. The van der Waals surface area contributed by atoms with Crippen LogP contribution in [0.3, 0.4) is 0 Å². The molecule has 0 bridgehead atoms. The first-order valence-corrected chi connectivity index (χ1v) is 13.3. The average molecular weight is 543 g/mol. The molecule has 0 spiro atoms. The molecule has 180 valence electrons. The maximum Gasteiger partial charge on any atom is 0.417 e. The van der Waals surface area contributed by atoms with Gasteiger partial charge in [-0.25, -0.2) is 8.42 Å². The predicted octanol–water partition coefficient (Wildman–Crippen LogP) is 4.93. The van der Waals surface area contributed by atoms with Crippen LogP contribution in [0, 0.1) is 0 Å². The number of sulfonamides is 1. The highest BCUT2D eigenvalue weighted by Crippen LogP contribution is 2.36. The number of likely N-dealkylation sites (tertiary alicyclic amines) is 1. The Balaban J connectivity index is 1.83. The second-order valence-electron chi connectivity index (χ2n) is 7.27. The zero-order valence-corrected chi connectivity index (χ0v) is 20.1. The van der Waals surface area contributed by atoms with Crippen LogP contribution >= 0.6 is 23.2 Å². The van der Waals surface area contributed by atoms with E-state index in [0.717, 1.165) is 25.0 Å². The van der Waals surface area contributed by atoms with Gasteiger partial charge in [0.2, 0.25) is 5.91 Å². The molecule has 1 aliphatic rings. The van der Waals surface area contributed by atoms with Gasteiger partial charge in [0, 0.05) is 18.1 Å². The molecule has 1 heterocycles. The number of nitrogens with zero attached hydrogens (tertiary/aromatic N) is 1. The van der Waals surface area contributed by atoms with Gasteiger partial charge in [-0.15, -0.1) is 0 Å². The van der Waals surface area contributed by atoms with E-state index in [-0.39, 0.29) is 33.7 Å². The topological polar surface area (TPSA) is 89.5 Å². The normalized spacial score (nSPS) is 15.5. The Morgan fingerprint density at radius 2 is 1.79 bits per heavy atom. The minimum atomic E-state index is -4.85. The molecule has 6 nitrogen and oxygen atoms in total. The highest BCUT2D eigenvalue weighted by atomic mass is 35.5. The number of carbonyl (C=O) groups is 1. The van der Waals surface area contributed by atoms with Crippen LogP contribution in [0.2, 0.25) is 10.0 Å². The molecule has 0 aliphatic carbocycles. The summed E-state index contributed by atoms with van der Waals surface area (Å²) in [6, 6.07) is 6.13. The summed E-state index contributed by atoms with van der Waals surface area (Å²) in [6.45, 7) is 1.30. The Hall–Kier alpha value is -1.66. The molecule has 13 heteroatoms. The molecule has 33 heavy (non-hydrogen) atoms. The number of benzene rings is 2. The standard InChI is InChI=1S/C20H19Cl2F3N2O4S2/c21-13-3-6-18(32(29)10-7-19(28)27-8-1-2-9-27)17(11-13)26-33(30,31)14-4-5-16(22)15(12-14)20(23,24)25/h3-6,11-12,26H,1-2,7-10H2. The number of carbonyl (C=O) groups excluding carboxylic acids is 1. The molecular formula is C20H19Cl2F3N2O4S2. The predicted molar refractivity (Wildman–Crippen MR) is 120 cm³/mol. The summed E-state index contributed by atoms with van der Waals surface area (Å²) >= 11 is 9.75. The number of nitrogens with one attached hydrogen (secondary N) is 1. The molecule has 0 saturated carbocycles. The van der Waals surface area contributed by atoms with Crippen molar-refractivity contribution in [2.24, 2.45) is 0 Å². The molecule has 1 unspecified atom stereocenters. The lowest BCUT2D eigenvalue weighted by Crippen LogP contribution is -2.29. The van der Waals surface area contributed by atoms with Gasteiger partial charge in [-0.05, 0) is 60.4 Å². The minimum Gasteiger partial charge on any atom is -0.611 e. The fraction of sp³-hybridized carbons (Fsp3) is 0.350. The van der Waals surface area contributed by atoms with Crippen LogP contribution in [0.4, 0.5) is 18.9 Å². The van der Waals surface area contributed by atoms with E-state index in [9.17, 15) is 30.9 Å². The number of hydrogen-bond acceptors (Lipinski definition) is 4. The van der Waals surface area contributed by atoms with Gasteiger partial charge < -0.3 is 9.45 Å². The van der Waals surface area contributed by atoms with E-state index < -0.39 is 42.9 Å². The molecule has 1 N–H and O–H groups in total. The first-order valence-electron chi connectivity index (χ1n) is 9.74. The van der Waals surface area contributed by atoms with Crippen molar-refractivity contribution in [2.75, 3.05) is 23.6 Å². The number of hydrogen-bond donors (Lipinski definition) is 1. The van der Waals surface area contributed by atoms with Crippen LogP contribution in [0.15, 0.2) is 46.2 Å². The van der Waals surface area contributed by atoms with Gasteiger partial charge in [0.15, 0.2) is 4.90 Å². The molecule has 1 aliphatic heterocycles. The molecule has 1 atom stereocenters. The van der Waals surface area contributed by atoms with Gasteiger partial charge in [0.1, 0.15) is 11.4 Å².